The summed E-state index contributed by atoms with van der Waals surface area (Å²) in [5, 5.41) is 17.6. The quantitative estimate of drug-likeness (QED) is 0.484. The van der Waals surface area contributed by atoms with Crippen molar-refractivity contribution in [2.75, 3.05) is 39.6 Å². The molecule has 0 saturated carbocycles. The van der Waals surface area contributed by atoms with Crippen LogP contribution in [0.1, 0.15) is 19.8 Å². The Kier molecular flexibility index (Phi) is 11.3. The van der Waals surface area contributed by atoms with Gasteiger partial charge in [-0.2, -0.15) is 0 Å². The van der Waals surface area contributed by atoms with E-state index in [1.165, 1.54) is 0 Å². The van der Waals surface area contributed by atoms with Crippen molar-refractivity contribution in [1.29, 1.82) is 0 Å². The van der Waals surface area contributed by atoms with Gasteiger partial charge in [-0.15, -0.1) is 0 Å². The van der Waals surface area contributed by atoms with Gasteiger partial charge in [-0.25, -0.2) is 4.79 Å². The summed E-state index contributed by atoms with van der Waals surface area (Å²) < 4.78 is 15.1. The minimum atomic E-state index is -0.988. The second-order valence-electron chi connectivity index (χ2n) is 3.58. The summed E-state index contributed by atoms with van der Waals surface area (Å²) in [7, 11) is 0. The van der Waals surface area contributed by atoms with E-state index in [9.17, 15) is 9.90 Å². The first-order chi connectivity index (χ1) is 8.16. The van der Waals surface area contributed by atoms with Crippen molar-refractivity contribution in [1.82, 2.24) is 0 Å². The van der Waals surface area contributed by atoms with Crippen LogP contribution in [0.3, 0.4) is 0 Å². The molecular weight excluding hydrogens is 228 g/mol. The molecule has 6 nitrogen and oxygen atoms in total. The fourth-order valence-electron chi connectivity index (χ4n) is 1.13. The molecule has 0 rings (SSSR count). The molecule has 1 unspecified atom stereocenters. The number of ether oxygens (including phenoxy) is 3. The van der Waals surface area contributed by atoms with Gasteiger partial charge in [-0.05, 0) is 6.42 Å². The van der Waals surface area contributed by atoms with Gasteiger partial charge in [0, 0.05) is 0 Å². The molecule has 0 radical (unpaired) electrons. The minimum absolute atomic E-state index is 0.255. The number of hydrogen-bond acceptors (Lipinski definition) is 5. The SMILES string of the molecule is CCCC(O)COCCOCCOCC(=O)O. The zero-order valence-electron chi connectivity index (χ0n) is 10.3. The maximum Gasteiger partial charge on any atom is 0.329 e. The molecule has 6 heteroatoms. The highest BCUT2D eigenvalue weighted by atomic mass is 16.5. The van der Waals surface area contributed by atoms with Crippen molar-refractivity contribution in [3.63, 3.8) is 0 Å². The molecule has 0 aromatic rings. The Hall–Kier alpha value is -0.690. The van der Waals surface area contributed by atoms with Crippen molar-refractivity contribution in [3.05, 3.63) is 0 Å². The summed E-state index contributed by atoms with van der Waals surface area (Å²) in [6.07, 6.45) is 1.27. The highest BCUT2D eigenvalue weighted by Crippen LogP contribution is 1.96. The summed E-state index contributed by atoms with van der Waals surface area (Å²) in [5.41, 5.74) is 0. The zero-order chi connectivity index (χ0) is 12.9. The number of carboxylic acid groups (broad SMARTS) is 1. The van der Waals surface area contributed by atoms with Crippen LogP contribution < -0.4 is 0 Å². The highest BCUT2D eigenvalue weighted by Gasteiger charge is 2.01. The van der Waals surface area contributed by atoms with E-state index < -0.39 is 12.1 Å². The maximum absolute atomic E-state index is 10.1. The molecular formula is C11H22O6. The van der Waals surface area contributed by atoms with E-state index in [1.807, 2.05) is 6.92 Å². The average Bonchev–Trinajstić information content (AvgIpc) is 2.27. The monoisotopic (exact) mass is 250 g/mol. The molecule has 0 spiro atoms. The third-order valence-electron chi connectivity index (χ3n) is 1.90. The van der Waals surface area contributed by atoms with Crippen LogP contribution >= 0.6 is 0 Å². The number of aliphatic hydroxyl groups excluding tert-OH is 1. The van der Waals surface area contributed by atoms with E-state index in [2.05, 4.69) is 0 Å². The lowest BCUT2D eigenvalue weighted by molar-refractivity contribution is -0.142. The average molecular weight is 250 g/mol. The summed E-state index contributed by atoms with van der Waals surface area (Å²) >= 11 is 0. The molecule has 17 heavy (non-hydrogen) atoms. The molecule has 0 amide bonds. The van der Waals surface area contributed by atoms with E-state index in [0.717, 1.165) is 12.8 Å². The minimum Gasteiger partial charge on any atom is -0.480 e. The standard InChI is InChI=1S/C11H22O6/c1-2-3-10(12)8-16-6-4-15-5-7-17-9-11(13)14/h10,12H,2-9H2,1H3,(H,13,14). The van der Waals surface area contributed by atoms with E-state index in [4.69, 9.17) is 19.3 Å². The van der Waals surface area contributed by atoms with E-state index >= 15 is 0 Å². The Morgan fingerprint density at radius 1 is 1.12 bits per heavy atom. The third-order valence-corrected chi connectivity index (χ3v) is 1.90. The lowest BCUT2D eigenvalue weighted by Crippen LogP contribution is -2.18. The van der Waals surface area contributed by atoms with Crippen LogP contribution in [0.25, 0.3) is 0 Å². The van der Waals surface area contributed by atoms with Crippen LogP contribution in [0.2, 0.25) is 0 Å². The number of carbonyl (C=O) groups is 1. The number of rotatable bonds is 12. The van der Waals surface area contributed by atoms with Crippen molar-refractivity contribution < 1.29 is 29.2 Å². The fourth-order valence-corrected chi connectivity index (χ4v) is 1.13. The van der Waals surface area contributed by atoms with Gasteiger partial charge in [0.15, 0.2) is 0 Å². The molecule has 102 valence electrons. The van der Waals surface area contributed by atoms with Crippen LogP contribution in [0.5, 0.6) is 0 Å². The van der Waals surface area contributed by atoms with Crippen molar-refractivity contribution in [2.24, 2.45) is 0 Å². The predicted molar refractivity (Wildman–Crippen MR) is 61.0 cm³/mol. The third kappa shape index (κ3) is 13.2. The first-order valence-corrected chi connectivity index (χ1v) is 5.80. The Balaban J connectivity index is 3.05. The lowest BCUT2D eigenvalue weighted by atomic mass is 10.2. The molecule has 0 aliphatic carbocycles. The Morgan fingerprint density at radius 2 is 1.71 bits per heavy atom. The smallest absolute Gasteiger partial charge is 0.329 e. The summed E-state index contributed by atoms with van der Waals surface area (Å²) in [6.45, 7) is 3.45. The largest absolute Gasteiger partial charge is 0.480 e. The molecule has 0 aromatic heterocycles. The van der Waals surface area contributed by atoms with Gasteiger partial charge in [-0.1, -0.05) is 13.3 Å². The van der Waals surface area contributed by atoms with Crippen molar-refractivity contribution in [2.45, 2.75) is 25.9 Å². The fraction of sp³-hybridized carbons (Fsp3) is 0.909. The number of carboxylic acids is 1. The van der Waals surface area contributed by atoms with Crippen LogP contribution in [-0.2, 0) is 19.0 Å². The molecule has 0 heterocycles. The molecule has 1 atom stereocenters. The van der Waals surface area contributed by atoms with E-state index in [-0.39, 0.29) is 13.2 Å². The molecule has 0 fully saturated rings. The topological polar surface area (TPSA) is 85.2 Å². The number of hydrogen-bond donors (Lipinski definition) is 2. The molecule has 2 N–H and O–H groups in total. The Labute approximate surface area is 101 Å². The molecule has 0 bridgehead atoms. The zero-order valence-corrected chi connectivity index (χ0v) is 10.3. The Bertz CT molecular complexity index is 185. The van der Waals surface area contributed by atoms with Crippen molar-refractivity contribution >= 4 is 5.97 Å². The second-order valence-corrected chi connectivity index (χ2v) is 3.58. The number of aliphatic carboxylic acids is 1. The van der Waals surface area contributed by atoms with E-state index in [0.29, 0.717) is 26.4 Å². The van der Waals surface area contributed by atoms with Crippen LogP contribution in [0, 0.1) is 0 Å². The van der Waals surface area contributed by atoms with Crippen molar-refractivity contribution in [3.8, 4) is 0 Å². The van der Waals surface area contributed by atoms with Gasteiger partial charge in [0.2, 0.25) is 0 Å². The summed E-state index contributed by atoms with van der Waals surface area (Å²) in [6, 6.07) is 0. The lowest BCUT2D eigenvalue weighted by Gasteiger charge is -2.10. The van der Waals surface area contributed by atoms with Gasteiger partial charge < -0.3 is 24.4 Å². The van der Waals surface area contributed by atoms with Gasteiger partial charge in [0.25, 0.3) is 0 Å². The first kappa shape index (κ1) is 16.3. The van der Waals surface area contributed by atoms with Crippen LogP contribution in [-0.4, -0.2) is 61.9 Å². The van der Waals surface area contributed by atoms with Crippen LogP contribution in [0.15, 0.2) is 0 Å². The summed E-state index contributed by atoms with van der Waals surface area (Å²) in [5.74, 6) is -0.988. The maximum atomic E-state index is 10.1. The molecule has 0 aliphatic heterocycles. The second kappa shape index (κ2) is 11.8. The first-order valence-electron chi connectivity index (χ1n) is 5.80. The predicted octanol–water partition coefficient (Wildman–Crippen LogP) is 0.282. The van der Waals surface area contributed by atoms with E-state index in [1.54, 1.807) is 0 Å². The normalized spacial score (nSPS) is 12.6. The van der Waals surface area contributed by atoms with Crippen LogP contribution in [0.4, 0.5) is 0 Å². The molecule has 0 aromatic carbocycles. The van der Waals surface area contributed by atoms with Gasteiger partial charge in [0.1, 0.15) is 6.61 Å². The van der Waals surface area contributed by atoms with Gasteiger partial charge in [0.05, 0.1) is 39.1 Å². The Morgan fingerprint density at radius 3 is 2.29 bits per heavy atom. The summed E-state index contributed by atoms with van der Waals surface area (Å²) in [4.78, 5) is 10.1. The molecule has 0 aliphatic rings. The number of aliphatic hydroxyl groups is 1. The van der Waals surface area contributed by atoms with Gasteiger partial charge >= 0.3 is 5.97 Å². The highest BCUT2D eigenvalue weighted by molar-refractivity contribution is 5.67. The molecule has 0 saturated heterocycles. The van der Waals surface area contributed by atoms with Gasteiger partial charge in [-0.3, -0.25) is 0 Å².